The molecule has 3 atom stereocenters. The van der Waals surface area contributed by atoms with Crippen molar-refractivity contribution >= 4 is 11.8 Å². The van der Waals surface area contributed by atoms with Crippen molar-refractivity contribution in [3.8, 4) is 0 Å². The van der Waals surface area contributed by atoms with Crippen LogP contribution in [0.4, 0.5) is 0 Å². The summed E-state index contributed by atoms with van der Waals surface area (Å²) in [6.45, 7) is 14.6. The van der Waals surface area contributed by atoms with Gasteiger partial charge < -0.3 is 15.4 Å². The second-order valence-electron chi connectivity index (χ2n) is 7.88. The lowest BCUT2D eigenvalue weighted by Gasteiger charge is -2.39. The van der Waals surface area contributed by atoms with E-state index in [4.69, 9.17) is 4.74 Å². The molecule has 2 amide bonds. The fourth-order valence-electron chi connectivity index (χ4n) is 2.75. The molecule has 6 nitrogen and oxygen atoms in total. The Bertz CT molecular complexity index is 396. The summed E-state index contributed by atoms with van der Waals surface area (Å²) < 4.78 is 5.72. The number of carbonyl (C=O) groups excluding carboxylic acids is 2. The Labute approximate surface area is 140 Å². The van der Waals surface area contributed by atoms with E-state index in [1.165, 1.54) is 0 Å². The Hall–Kier alpha value is -1.14. The van der Waals surface area contributed by atoms with Gasteiger partial charge in [0.25, 0.3) is 0 Å². The van der Waals surface area contributed by atoms with Crippen LogP contribution >= 0.6 is 0 Å². The molecule has 0 saturated carbocycles. The summed E-state index contributed by atoms with van der Waals surface area (Å²) in [4.78, 5) is 25.9. The average Bonchev–Trinajstić information content (AvgIpc) is 2.39. The van der Waals surface area contributed by atoms with Crippen molar-refractivity contribution in [1.82, 2.24) is 15.5 Å². The molecule has 0 spiro atoms. The molecule has 1 aliphatic heterocycles. The van der Waals surface area contributed by atoms with Crippen molar-refractivity contribution < 1.29 is 14.3 Å². The van der Waals surface area contributed by atoms with Gasteiger partial charge in [0.2, 0.25) is 11.8 Å². The summed E-state index contributed by atoms with van der Waals surface area (Å²) in [5, 5.41) is 5.56. The number of nitrogens with zero attached hydrogens (tertiary/aromatic N) is 1. The summed E-state index contributed by atoms with van der Waals surface area (Å²) >= 11 is 0. The Morgan fingerprint density at radius 1 is 1.13 bits per heavy atom. The van der Waals surface area contributed by atoms with Crippen LogP contribution in [0.1, 0.15) is 48.0 Å². The molecule has 6 heteroatoms. The highest BCUT2D eigenvalue weighted by Gasteiger charge is 2.25. The molecule has 2 N–H and O–H groups in total. The van der Waals surface area contributed by atoms with Gasteiger partial charge in [-0.2, -0.15) is 0 Å². The zero-order valence-corrected chi connectivity index (χ0v) is 15.4. The van der Waals surface area contributed by atoms with Crippen LogP contribution in [-0.4, -0.2) is 61.1 Å². The fraction of sp³-hybridized carbons (Fsp3) is 0.882. The standard InChI is InChI=1S/C17H33N3O3/c1-12(20-10-13(2)23-14(3)11-20)8-18-16(22)9-19-15(21)7-17(4,5)6/h12-14H,7-11H2,1-6H3,(H,18,22)(H,19,21)/t12-,13-,14+/m0/s1. The number of amides is 2. The maximum absolute atomic E-state index is 11.9. The first-order valence-corrected chi connectivity index (χ1v) is 8.49. The minimum absolute atomic E-state index is 0.0392. The molecule has 0 aromatic rings. The van der Waals surface area contributed by atoms with Crippen molar-refractivity contribution in [2.24, 2.45) is 5.41 Å². The lowest BCUT2D eigenvalue weighted by Crippen LogP contribution is -2.52. The molecule has 0 aliphatic carbocycles. The lowest BCUT2D eigenvalue weighted by atomic mass is 9.92. The first-order valence-electron chi connectivity index (χ1n) is 8.49. The third kappa shape index (κ3) is 8.32. The van der Waals surface area contributed by atoms with Crippen molar-refractivity contribution in [1.29, 1.82) is 0 Å². The summed E-state index contributed by atoms with van der Waals surface area (Å²) in [5.74, 6) is -0.231. The number of morpholine rings is 1. The molecule has 134 valence electrons. The molecule has 0 unspecified atom stereocenters. The summed E-state index contributed by atoms with van der Waals surface area (Å²) in [6, 6.07) is 0.248. The summed E-state index contributed by atoms with van der Waals surface area (Å²) in [5.41, 5.74) is -0.0706. The minimum atomic E-state index is -0.145. The highest BCUT2D eigenvalue weighted by Crippen LogP contribution is 2.17. The normalized spacial score (nSPS) is 24.1. The minimum Gasteiger partial charge on any atom is -0.373 e. The molecule has 0 radical (unpaired) electrons. The molecule has 0 bridgehead atoms. The van der Waals surface area contributed by atoms with E-state index in [-0.39, 0.29) is 42.0 Å². The molecule has 1 rings (SSSR count). The largest absolute Gasteiger partial charge is 0.373 e. The lowest BCUT2D eigenvalue weighted by molar-refractivity contribution is -0.127. The SMILES string of the molecule is C[C@@H]1CN([C@@H](C)CNC(=O)CNC(=O)CC(C)(C)C)C[C@H](C)O1. The van der Waals surface area contributed by atoms with E-state index in [2.05, 4.69) is 36.3 Å². The number of rotatable bonds is 6. The van der Waals surface area contributed by atoms with Crippen LogP contribution in [0.25, 0.3) is 0 Å². The van der Waals surface area contributed by atoms with E-state index in [9.17, 15) is 9.59 Å². The van der Waals surface area contributed by atoms with Gasteiger partial charge >= 0.3 is 0 Å². The van der Waals surface area contributed by atoms with Gasteiger partial charge in [0.05, 0.1) is 18.8 Å². The van der Waals surface area contributed by atoms with Crippen LogP contribution in [0.5, 0.6) is 0 Å². The highest BCUT2D eigenvalue weighted by molar-refractivity contribution is 5.84. The van der Waals surface area contributed by atoms with E-state index in [0.717, 1.165) is 13.1 Å². The number of hydrogen-bond donors (Lipinski definition) is 2. The topological polar surface area (TPSA) is 70.7 Å². The van der Waals surface area contributed by atoms with Crippen LogP contribution in [0, 0.1) is 5.41 Å². The molecule has 1 saturated heterocycles. The smallest absolute Gasteiger partial charge is 0.239 e. The number of hydrogen-bond acceptors (Lipinski definition) is 4. The Morgan fingerprint density at radius 2 is 1.70 bits per heavy atom. The Morgan fingerprint density at radius 3 is 2.22 bits per heavy atom. The quantitative estimate of drug-likeness (QED) is 0.768. The van der Waals surface area contributed by atoms with E-state index >= 15 is 0 Å². The average molecular weight is 327 g/mol. The van der Waals surface area contributed by atoms with E-state index in [1.54, 1.807) is 0 Å². The number of carbonyl (C=O) groups is 2. The highest BCUT2D eigenvalue weighted by atomic mass is 16.5. The fourth-order valence-corrected chi connectivity index (χ4v) is 2.75. The van der Waals surface area contributed by atoms with Crippen LogP contribution in [0.3, 0.4) is 0 Å². The Balaban J connectivity index is 2.26. The van der Waals surface area contributed by atoms with Crippen LogP contribution in [0.2, 0.25) is 0 Å². The van der Waals surface area contributed by atoms with E-state index in [0.29, 0.717) is 13.0 Å². The molecule has 23 heavy (non-hydrogen) atoms. The molecule has 1 aliphatic rings. The van der Waals surface area contributed by atoms with Gasteiger partial charge in [-0.1, -0.05) is 20.8 Å². The van der Waals surface area contributed by atoms with Gasteiger partial charge in [-0.25, -0.2) is 0 Å². The van der Waals surface area contributed by atoms with E-state index < -0.39 is 0 Å². The third-order valence-corrected chi connectivity index (χ3v) is 3.80. The predicted molar refractivity (Wildman–Crippen MR) is 91.1 cm³/mol. The molecule has 0 aromatic carbocycles. The molecular formula is C17H33N3O3. The Kier molecular flexibility index (Phi) is 7.48. The van der Waals surface area contributed by atoms with Gasteiger partial charge in [-0.05, 0) is 26.2 Å². The van der Waals surface area contributed by atoms with Crippen molar-refractivity contribution in [2.75, 3.05) is 26.2 Å². The number of ether oxygens (including phenoxy) is 1. The second kappa shape index (κ2) is 8.64. The zero-order chi connectivity index (χ0) is 17.6. The van der Waals surface area contributed by atoms with Gasteiger partial charge in [0, 0.05) is 32.1 Å². The zero-order valence-electron chi connectivity index (χ0n) is 15.4. The van der Waals surface area contributed by atoms with Crippen molar-refractivity contribution in [2.45, 2.75) is 66.2 Å². The maximum Gasteiger partial charge on any atom is 0.239 e. The first-order chi connectivity index (χ1) is 10.6. The molecular weight excluding hydrogens is 294 g/mol. The molecule has 1 heterocycles. The predicted octanol–water partition coefficient (Wildman–Crippen LogP) is 1.15. The molecule has 0 aromatic heterocycles. The number of nitrogens with one attached hydrogen (secondary N) is 2. The van der Waals surface area contributed by atoms with E-state index in [1.807, 2.05) is 20.8 Å². The monoisotopic (exact) mass is 327 g/mol. The summed E-state index contributed by atoms with van der Waals surface area (Å²) in [6.07, 6.45) is 0.849. The van der Waals surface area contributed by atoms with Gasteiger partial charge in [0.1, 0.15) is 0 Å². The van der Waals surface area contributed by atoms with Gasteiger partial charge in [-0.3, -0.25) is 14.5 Å². The first kappa shape index (κ1) is 19.9. The third-order valence-electron chi connectivity index (χ3n) is 3.80. The maximum atomic E-state index is 11.9. The van der Waals surface area contributed by atoms with Gasteiger partial charge in [-0.15, -0.1) is 0 Å². The van der Waals surface area contributed by atoms with Crippen LogP contribution in [-0.2, 0) is 14.3 Å². The van der Waals surface area contributed by atoms with Gasteiger partial charge in [0.15, 0.2) is 0 Å². The molecule has 1 fully saturated rings. The van der Waals surface area contributed by atoms with Crippen molar-refractivity contribution in [3.05, 3.63) is 0 Å². The van der Waals surface area contributed by atoms with Crippen molar-refractivity contribution in [3.63, 3.8) is 0 Å². The summed E-state index contributed by atoms with van der Waals surface area (Å²) in [7, 11) is 0. The van der Waals surface area contributed by atoms with Crippen LogP contribution in [0.15, 0.2) is 0 Å². The second-order valence-corrected chi connectivity index (χ2v) is 7.88. The van der Waals surface area contributed by atoms with Crippen LogP contribution < -0.4 is 10.6 Å².